The largest absolute Gasteiger partial charge is 0.493 e. The zero-order valence-electron chi connectivity index (χ0n) is 33.0. The molecule has 4 aliphatic heterocycles. The standard InChI is InChI=1S/C48H46N2O7/c1-49-21-19-32-26-41(53-4)43-28-37(32)38(49)23-29-13-16-34(17-14-29)55-42-25-30(15-18-40(42)52-3)24-39-45-33(20-22-50(39)2)27-44(54-5)46(47(45)56-43)57-48(51)36-12-8-10-31-9-6-7-11-35(31)36/h6-18,25-28,38-39H,19-24H2,1-5H3/t38-,39-/m0/s1. The molecule has 2 atom stereocenters. The van der Waals surface area contributed by atoms with Gasteiger partial charge in [-0.3, -0.25) is 9.80 Å². The predicted octanol–water partition coefficient (Wildman–Crippen LogP) is 9.53. The molecule has 0 N–H and O–H groups in total. The monoisotopic (exact) mass is 762 g/mol. The van der Waals surface area contributed by atoms with Crippen LogP contribution < -0.4 is 28.4 Å². The molecule has 4 aliphatic rings. The lowest BCUT2D eigenvalue weighted by molar-refractivity contribution is 0.0726. The third kappa shape index (κ3) is 6.81. The molecule has 6 aromatic carbocycles. The first-order valence-corrected chi connectivity index (χ1v) is 19.5. The number of hydrogen-bond acceptors (Lipinski definition) is 9. The van der Waals surface area contributed by atoms with E-state index in [2.05, 4.69) is 60.3 Å². The van der Waals surface area contributed by atoms with Gasteiger partial charge in [0, 0.05) is 30.7 Å². The topological polar surface area (TPSA) is 78.9 Å². The first-order chi connectivity index (χ1) is 27.8. The highest BCUT2D eigenvalue weighted by Crippen LogP contribution is 2.52. The predicted molar refractivity (Wildman–Crippen MR) is 220 cm³/mol. The number of carbonyl (C=O) groups excluding carboxylic acids is 1. The minimum Gasteiger partial charge on any atom is -0.493 e. The fourth-order valence-corrected chi connectivity index (χ4v) is 8.73. The zero-order chi connectivity index (χ0) is 39.2. The molecule has 0 aromatic heterocycles. The maximum Gasteiger partial charge on any atom is 0.344 e. The van der Waals surface area contributed by atoms with Crippen LogP contribution in [0.2, 0.25) is 0 Å². The van der Waals surface area contributed by atoms with Crippen molar-refractivity contribution in [3.05, 3.63) is 142 Å². The summed E-state index contributed by atoms with van der Waals surface area (Å²) in [7, 11) is 9.22. The number of likely N-dealkylation sites (N-methyl/N-ethyl adjacent to an activating group) is 2. The Morgan fingerprint density at radius 1 is 0.649 bits per heavy atom. The summed E-state index contributed by atoms with van der Waals surface area (Å²) in [6, 6.07) is 34.0. The Morgan fingerprint density at radius 3 is 2.11 bits per heavy atom. The fraction of sp³-hybridized carbons (Fsp3) is 0.271. The second-order valence-corrected chi connectivity index (χ2v) is 15.2. The Balaban J connectivity index is 1.27. The second-order valence-electron chi connectivity index (χ2n) is 15.2. The van der Waals surface area contributed by atoms with Gasteiger partial charge in [-0.25, -0.2) is 4.79 Å². The molecule has 0 radical (unpaired) electrons. The van der Waals surface area contributed by atoms with Crippen molar-refractivity contribution in [1.29, 1.82) is 0 Å². The normalized spacial score (nSPS) is 17.7. The lowest BCUT2D eigenvalue weighted by atomic mass is 9.87. The van der Waals surface area contributed by atoms with Crippen LogP contribution in [0.4, 0.5) is 0 Å². The third-order valence-corrected chi connectivity index (χ3v) is 11.8. The molecule has 6 bridgehead atoms. The van der Waals surface area contributed by atoms with Crippen LogP contribution in [-0.2, 0) is 25.7 Å². The smallest absolute Gasteiger partial charge is 0.344 e. The quantitative estimate of drug-likeness (QED) is 0.126. The van der Waals surface area contributed by atoms with Crippen LogP contribution in [0.5, 0.6) is 46.0 Å². The number of hydrogen-bond donors (Lipinski definition) is 0. The summed E-state index contributed by atoms with van der Waals surface area (Å²) in [4.78, 5) is 19.1. The van der Waals surface area contributed by atoms with E-state index in [1.165, 1.54) is 16.7 Å². The first-order valence-electron chi connectivity index (χ1n) is 19.5. The van der Waals surface area contributed by atoms with E-state index in [1.807, 2.05) is 60.7 Å². The van der Waals surface area contributed by atoms with Gasteiger partial charge >= 0.3 is 5.97 Å². The number of carbonyl (C=O) groups is 1. The summed E-state index contributed by atoms with van der Waals surface area (Å²) < 4.78 is 38.1. The molecule has 9 nitrogen and oxygen atoms in total. The number of ether oxygens (including phenoxy) is 6. The van der Waals surface area contributed by atoms with Gasteiger partial charge < -0.3 is 28.4 Å². The SMILES string of the molecule is COc1ccc2cc1Oc1ccc(cc1)C[C@H]1c3cc(c(OC)cc3CCN1C)Oc1c(OC(=O)c3cccc4ccccc34)c(OC)cc3c1[C@H](C2)N(C)CC3. The minimum absolute atomic E-state index is 0.0752. The van der Waals surface area contributed by atoms with E-state index in [0.29, 0.717) is 46.5 Å². The van der Waals surface area contributed by atoms with Crippen LogP contribution in [0.15, 0.2) is 103 Å². The van der Waals surface area contributed by atoms with Crippen molar-refractivity contribution >= 4 is 16.7 Å². The fourth-order valence-electron chi connectivity index (χ4n) is 8.73. The van der Waals surface area contributed by atoms with Crippen molar-refractivity contribution in [3.63, 3.8) is 0 Å². The van der Waals surface area contributed by atoms with Gasteiger partial charge in [0.25, 0.3) is 0 Å². The molecule has 0 spiro atoms. The van der Waals surface area contributed by atoms with Crippen molar-refractivity contribution in [1.82, 2.24) is 9.80 Å². The number of esters is 1. The Hall–Kier alpha value is -6.03. The number of fused-ring (bicyclic) bond motifs is 3. The van der Waals surface area contributed by atoms with E-state index >= 15 is 0 Å². The number of nitrogens with zero attached hydrogens (tertiary/aromatic N) is 2. The summed E-state index contributed by atoms with van der Waals surface area (Å²) in [5.41, 5.74) is 7.04. The Labute approximate surface area is 333 Å². The van der Waals surface area contributed by atoms with Gasteiger partial charge in [-0.1, -0.05) is 54.6 Å². The number of benzene rings is 6. The molecular formula is C48H46N2O7. The third-order valence-electron chi connectivity index (χ3n) is 11.8. The molecule has 0 unspecified atom stereocenters. The summed E-state index contributed by atoms with van der Waals surface area (Å²) in [5, 5.41) is 1.74. The lowest BCUT2D eigenvalue weighted by Crippen LogP contribution is -2.34. The highest BCUT2D eigenvalue weighted by molar-refractivity contribution is 6.05. The molecule has 0 saturated carbocycles. The van der Waals surface area contributed by atoms with Gasteiger partial charge in [-0.15, -0.1) is 0 Å². The highest BCUT2D eigenvalue weighted by atomic mass is 16.6. The van der Waals surface area contributed by atoms with Crippen LogP contribution in [-0.4, -0.2) is 64.3 Å². The van der Waals surface area contributed by atoms with Crippen LogP contribution in [0, 0.1) is 0 Å². The van der Waals surface area contributed by atoms with E-state index in [-0.39, 0.29) is 17.8 Å². The summed E-state index contributed by atoms with van der Waals surface area (Å²) in [5.74, 6) is 3.72. The second kappa shape index (κ2) is 15.1. The molecule has 10 rings (SSSR count). The molecule has 0 saturated heterocycles. The van der Waals surface area contributed by atoms with Crippen LogP contribution >= 0.6 is 0 Å². The molecule has 57 heavy (non-hydrogen) atoms. The maximum atomic E-state index is 14.4. The van der Waals surface area contributed by atoms with Crippen LogP contribution in [0.1, 0.15) is 55.8 Å². The average molecular weight is 763 g/mol. The zero-order valence-corrected chi connectivity index (χ0v) is 33.0. The van der Waals surface area contributed by atoms with Gasteiger partial charge in [0.05, 0.1) is 26.9 Å². The van der Waals surface area contributed by atoms with E-state index in [9.17, 15) is 4.79 Å². The van der Waals surface area contributed by atoms with Gasteiger partial charge in [-0.2, -0.15) is 0 Å². The molecule has 290 valence electrons. The summed E-state index contributed by atoms with van der Waals surface area (Å²) in [6.07, 6.45) is 3.01. The Kier molecular flexibility index (Phi) is 9.72. The van der Waals surface area contributed by atoms with Crippen molar-refractivity contribution < 1.29 is 33.2 Å². The number of methoxy groups -OCH3 is 3. The maximum absolute atomic E-state index is 14.4. The summed E-state index contributed by atoms with van der Waals surface area (Å²) >= 11 is 0. The lowest BCUT2D eigenvalue weighted by Gasteiger charge is -2.37. The van der Waals surface area contributed by atoms with Crippen LogP contribution in [0.3, 0.4) is 0 Å². The van der Waals surface area contributed by atoms with E-state index in [4.69, 9.17) is 28.4 Å². The molecule has 4 heterocycles. The van der Waals surface area contributed by atoms with Crippen molar-refractivity contribution in [2.75, 3.05) is 48.5 Å². The summed E-state index contributed by atoms with van der Waals surface area (Å²) in [6.45, 7) is 1.71. The molecule has 0 amide bonds. The van der Waals surface area contributed by atoms with Crippen molar-refractivity contribution in [2.45, 2.75) is 37.8 Å². The molecular weight excluding hydrogens is 717 g/mol. The highest BCUT2D eigenvalue weighted by Gasteiger charge is 2.36. The van der Waals surface area contributed by atoms with Crippen molar-refractivity contribution in [3.8, 4) is 46.0 Å². The first kappa shape index (κ1) is 36.6. The van der Waals surface area contributed by atoms with Gasteiger partial charge in [0.15, 0.2) is 34.5 Å². The number of rotatable bonds is 5. The molecule has 6 aromatic rings. The van der Waals surface area contributed by atoms with E-state index in [0.717, 1.165) is 65.6 Å². The minimum atomic E-state index is -0.508. The van der Waals surface area contributed by atoms with Crippen LogP contribution in [0.25, 0.3) is 10.8 Å². The van der Waals surface area contributed by atoms with E-state index in [1.54, 1.807) is 27.4 Å². The Bertz CT molecular complexity index is 2490. The van der Waals surface area contributed by atoms with Gasteiger partial charge in [0.2, 0.25) is 5.75 Å². The molecule has 0 fully saturated rings. The van der Waals surface area contributed by atoms with Crippen molar-refractivity contribution in [2.24, 2.45) is 0 Å². The average Bonchev–Trinajstić information content (AvgIpc) is 3.23. The van der Waals surface area contributed by atoms with Gasteiger partial charge in [0.1, 0.15) is 5.75 Å². The van der Waals surface area contributed by atoms with E-state index < -0.39 is 5.97 Å². The molecule has 0 aliphatic carbocycles. The molecule has 9 heteroatoms. The Morgan fingerprint density at radius 2 is 1.32 bits per heavy atom. The van der Waals surface area contributed by atoms with Gasteiger partial charge in [-0.05, 0) is 127 Å².